The van der Waals surface area contributed by atoms with Crippen molar-refractivity contribution in [2.24, 2.45) is 0 Å². The van der Waals surface area contributed by atoms with Gasteiger partial charge < -0.3 is 14.2 Å². The lowest BCUT2D eigenvalue weighted by molar-refractivity contribution is -0.167. The molecule has 1 unspecified atom stereocenters. The zero-order chi connectivity index (χ0) is 42.3. The topological polar surface area (TPSA) is 78.9 Å². The summed E-state index contributed by atoms with van der Waals surface area (Å²) in [5, 5.41) is 0. The Bertz CT molecular complexity index is 1200. The number of esters is 3. The molecule has 328 valence electrons. The highest BCUT2D eigenvalue weighted by molar-refractivity contribution is 5.71. The Kier molecular flexibility index (Phi) is 43.1. The van der Waals surface area contributed by atoms with Crippen LogP contribution in [0.3, 0.4) is 0 Å². The number of allylic oxidation sites excluding steroid dienone is 16. The standard InChI is InChI=1S/C52H84O6/c1-4-7-10-13-16-19-22-25-26-28-30-33-36-39-42-45-51(54)57-48-49(47-56-50(53)44-41-38-35-32-29-24-21-18-15-12-9-6-3)58-52(55)46-43-40-37-34-31-27-23-20-17-14-11-8-5-2/h8,11,14,16-23,25,27,31,34,37,49H,4-7,9-10,12-13,15,24,26,28-30,32-33,35-36,38-48H2,1-3H3/b11-8-,17-14-,19-16-,21-18-,23-20-,25-22-,31-27-,37-34-. The fourth-order valence-corrected chi connectivity index (χ4v) is 5.93. The Morgan fingerprint density at radius 2 is 0.707 bits per heavy atom. The van der Waals surface area contributed by atoms with E-state index in [4.69, 9.17) is 14.2 Å². The lowest BCUT2D eigenvalue weighted by Crippen LogP contribution is -2.30. The number of carbonyl (C=O) groups is 3. The highest BCUT2D eigenvalue weighted by Gasteiger charge is 2.19. The molecule has 0 heterocycles. The second kappa shape index (κ2) is 46.0. The lowest BCUT2D eigenvalue weighted by atomic mass is 10.1. The highest BCUT2D eigenvalue weighted by Crippen LogP contribution is 2.12. The van der Waals surface area contributed by atoms with Crippen molar-refractivity contribution < 1.29 is 28.6 Å². The Morgan fingerprint density at radius 3 is 1.17 bits per heavy atom. The average Bonchev–Trinajstić information content (AvgIpc) is 3.22. The van der Waals surface area contributed by atoms with Crippen LogP contribution in [0.1, 0.15) is 194 Å². The molecule has 0 aromatic carbocycles. The van der Waals surface area contributed by atoms with Crippen molar-refractivity contribution in [3.8, 4) is 0 Å². The molecule has 0 fully saturated rings. The third-order valence-electron chi connectivity index (χ3n) is 9.45. The van der Waals surface area contributed by atoms with Crippen molar-refractivity contribution in [3.63, 3.8) is 0 Å². The first kappa shape index (κ1) is 54.3. The summed E-state index contributed by atoms with van der Waals surface area (Å²) in [5.74, 6) is -1.02. The molecule has 58 heavy (non-hydrogen) atoms. The van der Waals surface area contributed by atoms with Crippen molar-refractivity contribution in [2.45, 2.75) is 200 Å². The number of ether oxygens (including phenoxy) is 3. The van der Waals surface area contributed by atoms with E-state index < -0.39 is 12.1 Å². The van der Waals surface area contributed by atoms with E-state index in [0.29, 0.717) is 19.3 Å². The fraction of sp³-hybridized carbons (Fsp3) is 0.635. The molecule has 0 aliphatic rings. The van der Waals surface area contributed by atoms with Crippen LogP contribution in [0.5, 0.6) is 0 Å². The molecule has 0 aliphatic carbocycles. The van der Waals surface area contributed by atoms with Crippen LogP contribution >= 0.6 is 0 Å². The van der Waals surface area contributed by atoms with E-state index in [1.807, 2.05) is 54.7 Å². The molecule has 0 aromatic rings. The number of hydrogen-bond donors (Lipinski definition) is 0. The highest BCUT2D eigenvalue weighted by atomic mass is 16.6. The summed E-state index contributed by atoms with van der Waals surface area (Å²) in [6.07, 6.45) is 59.6. The summed E-state index contributed by atoms with van der Waals surface area (Å²) >= 11 is 0. The van der Waals surface area contributed by atoms with Crippen LogP contribution < -0.4 is 0 Å². The van der Waals surface area contributed by atoms with Gasteiger partial charge in [-0.3, -0.25) is 14.4 Å². The second-order valence-electron chi connectivity index (χ2n) is 15.1. The minimum Gasteiger partial charge on any atom is -0.462 e. The summed E-state index contributed by atoms with van der Waals surface area (Å²) < 4.78 is 16.6. The van der Waals surface area contributed by atoms with Crippen LogP contribution in [0.2, 0.25) is 0 Å². The smallest absolute Gasteiger partial charge is 0.306 e. The van der Waals surface area contributed by atoms with Crippen molar-refractivity contribution in [1.82, 2.24) is 0 Å². The fourth-order valence-electron chi connectivity index (χ4n) is 5.93. The van der Waals surface area contributed by atoms with Gasteiger partial charge >= 0.3 is 17.9 Å². The zero-order valence-corrected chi connectivity index (χ0v) is 37.3. The Balaban J connectivity index is 4.54. The van der Waals surface area contributed by atoms with Crippen molar-refractivity contribution in [1.29, 1.82) is 0 Å². The maximum atomic E-state index is 12.7. The first-order valence-electron chi connectivity index (χ1n) is 23.3. The number of unbranched alkanes of at least 4 members (excludes halogenated alkanes) is 18. The van der Waals surface area contributed by atoms with E-state index in [9.17, 15) is 14.4 Å². The van der Waals surface area contributed by atoms with Gasteiger partial charge in [-0.2, -0.15) is 0 Å². The molecule has 6 heteroatoms. The number of rotatable bonds is 40. The molecule has 0 radical (unpaired) electrons. The average molecular weight is 805 g/mol. The maximum Gasteiger partial charge on any atom is 0.306 e. The summed E-state index contributed by atoms with van der Waals surface area (Å²) in [6.45, 7) is 6.33. The van der Waals surface area contributed by atoms with Gasteiger partial charge in [0.15, 0.2) is 6.10 Å². The normalized spacial score (nSPS) is 12.9. The van der Waals surface area contributed by atoms with Gasteiger partial charge in [-0.05, 0) is 83.5 Å². The van der Waals surface area contributed by atoms with Gasteiger partial charge in [-0.1, -0.05) is 189 Å². The van der Waals surface area contributed by atoms with Crippen LogP contribution in [0.4, 0.5) is 0 Å². The van der Waals surface area contributed by atoms with Crippen molar-refractivity contribution in [2.75, 3.05) is 13.2 Å². The van der Waals surface area contributed by atoms with Gasteiger partial charge in [0, 0.05) is 19.3 Å². The molecule has 0 amide bonds. The first-order chi connectivity index (χ1) is 28.5. The molecule has 0 rings (SSSR count). The molecule has 0 bridgehead atoms. The molecule has 0 spiro atoms. The quantitative estimate of drug-likeness (QED) is 0.0202. The third-order valence-corrected chi connectivity index (χ3v) is 9.45. The van der Waals surface area contributed by atoms with E-state index >= 15 is 0 Å². The zero-order valence-electron chi connectivity index (χ0n) is 37.3. The van der Waals surface area contributed by atoms with Crippen molar-refractivity contribution in [3.05, 3.63) is 97.2 Å². The van der Waals surface area contributed by atoms with Crippen LogP contribution in [-0.4, -0.2) is 37.2 Å². The van der Waals surface area contributed by atoms with Gasteiger partial charge in [0.05, 0.1) is 0 Å². The molecule has 6 nitrogen and oxygen atoms in total. The summed E-state index contributed by atoms with van der Waals surface area (Å²) in [6, 6.07) is 0. The predicted molar refractivity (Wildman–Crippen MR) is 247 cm³/mol. The van der Waals surface area contributed by atoms with Gasteiger partial charge in [0.25, 0.3) is 0 Å². The van der Waals surface area contributed by atoms with Crippen LogP contribution in [-0.2, 0) is 28.6 Å². The van der Waals surface area contributed by atoms with Crippen LogP contribution in [0.25, 0.3) is 0 Å². The molecule has 0 saturated carbocycles. The third kappa shape index (κ3) is 43.5. The van der Waals surface area contributed by atoms with Gasteiger partial charge in [0.2, 0.25) is 0 Å². The SMILES string of the molecule is CC\C=C/C=C\C=C/C=C\C=C/CCCC(=O)OC(COC(=O)CCCCCCC/C=C\CCCCC)COC(=O)CCCCCCCC/C=C\C=C/CCCCC. The summed E-state index contributed by atoms with van der Waals surface area (Å²) in [7, 11) is 0. The molecule has 0 aliphatic heterocycles. The molecular formula is C52H84O6. The minimum absolute atomic E-state index is 0.116. The molecule has 0 N–H and O–H groups in total. The van der Waals surface area contributed by atoms with Gasteiger partial charge in [-0.15, -0.1) is 0 Å². The van der Waals surface area contributed by atoms with E-state index in [2.05, 4.69) is 63.3 Å². The second-order valence-corrected chi connectivity index (χ2v) is 15.1. The van der Waals surface area contributed by atoms with E-state index in [1.54, 1.807) is 0 Å². The summed E-state index contributed by atoms with van der Waals surface area (Å²) in [5.41, 5.74) is 0. The van der Waals surface area contributed by atoms with Crippen LogP contribution in [0, 0.1) is 0 Å². The Morgan fingerprint density at radius 1 is 0.362 bits per heavy atom. The lowest BCUT2D eigenvalue weighted by Gasteiger charge is -2.18. The van der Waals surface area contributed by atoms with Crippen LogP contribution in [0.15, 0.2) is 97.2 Å². The minimum atomic E-state index is -0.821. The molecule has 0 saturated heterocycles. The van der Waals surface area contributed by atoms with E-state index in [-0.39, 0.29) is 31.6 Å². The Labute approximate surface area is 356 Å². The Hall–Kier alpha value is -3.67. The summed E-state index contributed by atoms with van der Waals surface area (Å²) in [4.78, 5) is 37.8. The van der Waals surface area contributed by atoms with Crippen molar-refractivity contribution >= 4 is 17.9 Å². The molecular weight excluding hydrogens is 721 g/mol. The number of hydrogen-bond acceptors (Lipinski definition) is 6. The molecule has 0 aromatic heterocycles. The van der Waals surface area contributed by atoms with Gasteiger partial charge in [-0.25, -0.2) is 0 Å². The maximum absolute atomic E-state index is 12.7. The number of carbonyl (C=O) groups excluding carboxylic acids is 3. The first-order valence-corrected chi connectivity index (χ1v) is 23.3. The van der Waals surface area contributed by atoms with E-state index in [1.165, 1.54) is 70.6 Å². The largest absolute Gasteiger partial charge is 0.462 e. The monoisotopic (exact) mass is 805 g/mol. The molecule has 1 atom stereocenters. The van der Waals surface area contributed by atoms with E-state index in [0.717, 1.165) is 77.0 Å². The van der Waals surface area contributed by atoms with Gasteiger partial charge in [0.1, 0.15) is 13.2 Å². The predicted octanol–water partition coefficient (Wildman–Crippen LogP) is 15.0.